The van der Waals surface area contributed by atoms with Gasteiger partial charge in [-0.25, -0.2) is 4.98 Å². The Morgan fingerprint density at radius 1 is 1.53 bits per heavy atom. The fourth-order valence-corrected chi connectivity index (χ4v) is 1.75. The fourth-order valence-electron chi connectivity index (χ4n) is 1.75. The summed E-state index contributed by atoms with van der Waals surface area (Å²) in [6.07, 6.45) is 4.12. The highest BCUT2D eigenvalue weighted by Crippen LogP contribution is 2.16. The maximum absolute atomic E-state index is 5.42. The molecule has 0 radical (unpaired) electrons. The average molecular weight is 207 g/mol. The lowest BCUT2D eigenvalue weighted by atomic mass is 10.1. The van der Waals surface area contributed by atoms with Crippen LogP contribution in [0.15, 0.2) is 18.3 Å². The van der Waals surface area contributed by atoms with Crippen molar-refractivity contribution >= 4 is 11.5 Å². The van der Waals surface area contributed by atoms with Crippen LogP contribution in [0.25, 0.3) is 0 Å². The number of hydrogen-bond acceptors (Lipinski definition) is 4. The average Bonchev–Trinajstić information content (AvgIpc) is 2.31. The Balaban J connectivity index is 1.96. The first kappa shape index (κ1) is 10.2. The molecule has 2 N–H and O–H groups in total. The number of nitrogens with zero attached hydrogens (tertiary/aromatic N) is 1. The van der Waals surface area contributed by atoms with Crippen LogP contribution in [-0.4, -0.2) is 31.3 Å². The minimum Gasteiger partial charge on any atom is -0.380 e. The molecule has 0 saturated carbocycles. The fraction of sp³-hybridized carbons (Fsp3) is 0.545. The Kier molecular flexibility index (Phi) is 3.40. The monoisotopic (exact) mass is 207 g/mol. The molecular weight excluding hydrogens is 190 g/mol. The standard InChI is InChI=1S/C11H17N3O/c1-12-11-7-9(4-5-13-11)14-10-3-2-6-15-8-10/h4-5,7,10H,2-3,6,8H2,1H3,(H2,12,13,14). The maximum Gasteiger partial charge on any atom is 0.127 e. The van der Waals surface area contributed by atoms with Gasteiger partial charge in [0.1, 0.15) is 5.82 Å². The van der Waals surface area contributed by atoms with Gasteiger partial charge in [0, 0.05) is 37.6 Å². The van der Waals surface area contributed by atoms with E-state index in [9.17, 15) is 0 Å². The molecule has 82 valence electrons. The molecule has 1 aromatic rings. The van der Waals surface area contributed by atoms with Crippen LogP contribution < -0.4 is 10.6 Å². The smallest absolute Gasteiger partial charge is 0.127 e. The van der Waals surface area contributed by atoms with Crippen LogP contribution in [-0.2, 0) is 4.74 Å². The van der Waals surface area contributed by atoms with E-state index in [1.165, 1.54) is 6.42 Å². The second-order valence-electron chi connectivity index (χ2n) is 3.74. The van der Waals surface area contributed by atoms with Gasteiger partial charge in [0.25, 0.3) is 0 Å². The van der Waals surface area contributed by atoms with Crippen molar-refractivity contribution in [1.29, 1.82) is 0 Å². The van der Waals surface area contributed by atoms with Gasteiger partial charge in [-0.05, 0) is 18.9 Å². The first-order valence-electron chi connectivity index (χ1n) is 5.36. The summed E-state index contributed by atoms with van der Waals surface area (Å²) in [5, 5.41) is 6.47. The summed E-state index contributed by atoms with van der Waals surface area (Å²) in [5.41, 5.74) is 1.10. The highest BCUT2D eigenvalue weighted by molar-refractivity contribution is 5.52. The van der Waals surface area contributed by atoms with Gasteiger partial charge in [-0.1, -0.05) is 0 Å². The van der Waals surface area contributed by atoms with E-state index in [1.54, 1.807) is 6.20 Å². The molecule has 4 nitrogen and oxygen atoms in total. The Hall–Kier alpha value is -1.29. The molecule has 1 atom stereocenters. The van der Waals surface area contributed by atoms with Crippen LogP contribution in [0.5, 0.6) is 0 Å². The summed E-state index contributed by atoms with van der Waals surface area (Å²) >= 11 is 0. The molecule has 1 fully saturated rings. The predicted octanol–water partition coefficient (Wildman–Crippen LogP) is 1.71. The van der Waals surface area contributed by atoms with Crippen LogP contribution in [0, 0.1) is 0 Å². The second kappa shape index (κ2) is 4.98. The summed E-state index contributed by atoms with van der Waals surface area (Å²) in [7, 11) is 1.87. The van der Waals surface area contributed by atoms with Gasteiger partial charge in [-0.2, -0.15) is 0 Å². The third-order valence-electron chi connectivity index (χ3n) is 2.55. The van der Waals surface area contributed by atoms with E-state index >= 15 is 0 Å². The molecule has 2 heterocycles. The van der Waals surface area contributed by atoms with Gasteiger partial charge in [0.05, 0.1) is 6.61 Å². The van der Waals surface area contributed by atoms with Crippen molar-refractivity contribution in [3.63, 3.8) is 0 Å². The Bertz CT molecular complexity index is 310. The lowest BCUT2D eigenvalue weighted by Crippen LogP contribution is -2.29. The quantitative estimate of drug-likeness (QED) is 0.792. The van der Waals surface area contributed by atoms with E-state index in [0.717, 1.165) is 31.1 Å². The molecule has 4 heteroatoms. The molecule has 0 amide bonds. The highest BCUT2D eigenvalue weighted by atomic mass is 16.5. The molecule has 1 aliphatic heterocycles. The number of pyridine rings is 1. The van der Waals surface area contributed by atoms with Gasteiger partial charge < -0.3 is 15.4 Å². The normalized spacial score (nSPS) is 21.0. The SMILES string of the molecule is CNc1cc(NC2CCCOC2)ccn1. The van der Waals surface area contributed by atoms with Gasteiger partial charge >= 0.3 is 0 Å². The van der Waals surface area contributed by atoms with Crippen LogP contribution in [0.1, 0.15) is 12.8 Å². The molecule has 0 aliphatic carbocycles. The van der Waals surface area contributed by atoms with Gasteiger partial charge in [0.15, 0.2) is 0 Å². The third kappa shape index (κ3) is 2.83. The lowest BCUT2D eigenvalue weighted by Gasteiger charge is -2.24. The van der Waals surface area contributed by atoms with Gasteiger partial charge in [0.2, 0.25) is 0 Å². The zero-order valence-electron chi connectivity index (χ0n) is 8.99. The molecular formula is C11H17N3O. The zero-order valence-corrected chi connectivity index (χ0v) is 8.99. The Labute approximate surface area is 90.0 Å². The molecule has 1 saturated heterocycles. The number of hydrogen-bond donors (Lipinski definition) is 2. The maximum atomic E-state index is 5.42. The van der Waals surface area contributed by atoms with E-state index in [4.69, 9.17) is 4.74 Å². The molecule has 1 aromatic heterocycles. The van der Waals surface area contributed by atoms with E-state index in [1.807, 2.05) is 19.2 Å². The summed E-state index contributed by atoms with van der Waals surface area (Å²) in [4.78, 5) is 4.17. The molecule has 0 aromatic carbocycles. The first-order chi connectivity index (χ1) is 7.38. The van der Waals surface area contributed by atoms with Crippen molar-refractivity contribution in [2.45, 2.75) is 18.9 Å². The lowest BCUT2D eigenvalue weighted by molar-refractivity contribution is 0.0876. The Morgan fingerprint density at radius 3 is 3.20 bits per heavy atom. The van der Waals surface area contributed by atoms with Crippen LogP contribution in [0.3, 0.4) is 0 Å². The predicted molar refractivity (Wildman–Crippen MR) is 61.2 cm³/mol. The van der Waals surface area contributed by atoms with Gasteiger partial charge in [-0.3, -0.25) is 0 Å². The molecule has 2 rings (SSSR count). The molecule has 15 heavy (non-hydrogen) atoms. The summed E-state index contributed by atoms with van der Waals surface area (Å²) < 4.78 is 5.42. The van der Waals surface area contributed by atoms with Crippen molar-refractivity contribution in [2.75, 3.05) is 30.9 Å². The molecule has 0 bridgehead atoms. The zero-order chi connectivity index (χ0) is 10.5. The van der Waals surface area contributed by atoms with Crippen LogP contribution in [0.2, 0.25) is 0 Å². The van der Waals surface area contributed by atoms with Crippen LogP contribution >= 0.6 is 0 Å². The third-order valence-corrected chi connectivity index (χ3v) is 2.55. The largest absolute Gasteiger partial charge is 0.380 e. The summed E-state index contributed by atoms with van der Waals surface area (Å²) in [6.45, 7) is 1.70. The molecule has 0 spiro atoms. The molecule has 1 aliphatic rings. The van der Waals surface area contributed by atoms with Crippen molar-refractivity contribution in [1.82, 2.24) is 4.98 Å². The summed E-state index contributed by atoms with van der Waals surface area (Å²) in [5.74, 6) is 0.886. The van der Waals surface area contributed by atoms with Gasteiger partial charge in [-0.15, -0.1) is 0 Å². The number of anilines is 2. The first-order valence-corrected chi connectivity index (χ1v) is 5.36. The summed E-state index contributed by atoms with van der Waals surface area (Å²) in [6, 6.07) is 4.43. The second-order valence-corrected chi connectivity index (χ2v) is 3.74. The van der Waals surface area contributed by atoms with E-state index < -0.39 is 0 Å². The molecule has 1 unspecified atom stereocenters. The Morgan fingerprint density at radius 2 is 2.47 bits per heavy atom. The topological polar surface area (TPSA) is 46.2 Å². The highest BCUT2D eigenvalue weighted by Gasteiger charge is 2.13. The van der Waals surface area contributed by atoms with E-state index in [-0.39, 0.29) is 0 Å². The van der Waals surface area contributed by atoms with E-state index in [0.29, 0.717) is 6.04 Å². The number of nitrogens with one attached hydrogen (secondary N) is 2. The van der Waals surface area contributed by atoms with Crippen LogP contribution in [0.4, 0.5) is 11.5 Å². The number of aromatic nitrogens is 1. The van der Waals surface area contributed by atoms with E-state index in [2.05, 4.69) is 15.6 Å². The van der Waals surface area contributed by atoms with Crippen molar-refractivity contribution in [2.24, 2.45) is 0 Å². The number of rotatable bonds is 3. The number of ether oxygens (including phenoxy) is 1. The van der Waals surface area contributed by atoms with Crippen molar-refractivity contribution in [3.8, 4) is 0 Å². The minimum atomic E-state index is 0.436. The van der Waals surface area contributed by atoms with Crippen molar-refractivity contribution in [3.05, 3.63) is 18.3 Å². The minimum absolute atomic E-state index is 0.436. The van der Waals surface area contributed by atoms with Crippen molar-refractivity contribution < 1.29 is 4.74 Å².